The van der Waals surface area contributed by atoms with E-state index in [9.17, 15) is 121 Å². The Morgan fingerprint density at radius 3 is 0.441 bits per heavy atom. The van der Waals surface area contributed by atoms with Crippen LogP contribution in [0.15, 0.2) is 0 Å². The van der Waals surface area contributed by atoms with Gasteiger partial charge in [0.15, 0.2) is 37.7 Å². The summed E-state index contributed by atoms with van der Waals surface area (Å²) in [5, 5.41) is 212. The van der Waals surface area contributed by atoms with Gasteiger partial charge in [-0.2, -0.15) is 70.6 Å². The van der Waals surface area contributed by atoms with Crippen molar-refractivity contribution in [3.05, 3.63) is 0 Å². The topological polar surface area (TPSA) is 594 Å². The van der Waals surface area contributed by atoms with E-state index in [4.69, 9.17) is 56.8 Å². The van der Waals surface area contributed by atoms with Crippen molar-refractivity contribution in [2.45, 2.75) is 223 Å². The molecule has 12 N–H and O–H groups in total. The first-order valence-corrected chi connectivity index (χ1v) is 37.2. The summed E-state index contributed by atoms with van der Waals surface area (Å²) in [5.41, 5.74) is 0. The Bertz CT molecular complexity index is 2090. The van der Waals surface area contributed by atoms with Crippen LogP contribution in [-0.2, 0) is 85.6 Å². The number of carbonyl (C=O) groups excluding carboxylic acids is 6. The molecular weight excluding hydrogens is 1550 g/mol. The maximum Gasteiger partial charge on any atom is 1.00 e. The Morgan fingerprint density at radius 2 is 0.333 bits per heavy atom. The number of hydrogen-bond donors (Lipinski definition) is 12. The Labute approximate surface area is 743 Å². The minimum atomic E-state index is -2.24. The Hall–Kier alpha value is 3.96. The number of ether oxygens (including phenoxy) is 12. The second-order valence-corrected chi connectivity index (χ2v) is 29.8. The van der Waals surface area contributed by atoms with Crippen LogP contribution in [0.25, 0.3) is 0 Å². The van der Waals surface area contributed by atoms with Gasteiger partial charge in [0.2, 0.25) is 0 Å². The van der Waals surface area contributed by atoms with Crippen LogP contribution in [0.2, 0.25) is 0 Å². The van der Waals surface area contributed by atoms with Crippen LogP contribution in [0.1, 0.15) is 38.5 Å². The van der Waals surface area contributed by atoms with E-state index in [1.165, 1.54) is 0 Å². The van der Waals surface area contributed by atoms with Crippen LogP contribution in [0.4, 0.5) is 0 Å². The van der Waals surface area contributed by atoms with Crippen molar-refractivity contribution in [3.63, 3.8) is 0 Å². The molecule has 0 spiro atoms. The molecule has 0 aromatic heterocycles. The third-order valence-corrected chi connectivity index (χ3v) is 22.3. The first-order chi connectivity index (χ1) is 45.6. The number of rotatable bonds is 30. The zero-order chi connectivity index (χ0) is 70.2. The van der Waals surface area contributed by atoms with E-state index in [1.807, 2.05) is 0 Å². The SMILES string of the molecule is O=C([O-])CCSC[C@H]1O[C@@H]2O[C@H]3[C@H](O)[C@@H](O)[C@@H](O[C@H]4[C@H](O)[C@@H](O)[C@@H](O[C@H]5[C@H](O)[C@@H](O)[C@@H](O[C@H]6[C@H](O)[C@@H](O)[C@@H](O[C@H]7[C@H](O)[C@@H](O)[C@@H](O[C@H]1[C@H](O)[C@H]2O)O[C@@H]7CSCCC(=O)[O-])O[C@@H]6CSCCC(=O)[O-])O[C@@H]5CSCCC(=O)[O-])O[C@@H]4CSCCC(=O)[O-])O[C@@H]3CSCCC(=O)[O-].[Na+].[Na+].[Na+].[Na+].[Na+].[Na+]. The number of carboxylic acids is 6. The second-order valence-electron chi connectivity index (χ2n) is 22.9. The maximum absolute atomic E-state index is 12.0. The number of aliphatic hydroxyl groups excluding tert-OH is 12. The quantitative estimate of drug-likeness (QED) is 0.0235. The molecule has 0 aromatic carbocycles. The number of aliphatic hydroxyl groups is 12. The molecule has 552 valence electrons. The summed E-state index contributed by atoms with van der Waals surface area (Å²) < 4.78 is 74.0. The van der Waals surface area contributed by atoms with Gasteiger partial charge in [0.25, 0.3) is 0 Å². The van der Waals surface area contributed by atoms with Gasteiger partial charge in [-0.1, -0.05) is 0 Å². The number of thioether (sulfide) groups is 6. The van der Waals surface area contributed by atoms with Crippen LogP contribution in [0, 0.1) is 0 Å². The number of carboxylic acid groups (broad SMARTS) is 6. The van der Waals surface area contributed by atoms with Gasteiger partial charge in [0.1, 0.15) is 110 Å². The van der Waals surface area contributed by atoms with E-state index in [1.54, 1.807) is 0 Å². The Morgan fingerprint density at radius 1 is 0.216 bits per heavy atom. The van der Waals surface area contributed by atoms with Gasteiger partial charge in [0, 0.05) is 70.3 Å². The number of hydrogen-bond acceptors (Lipinski definition) is 42. The van der Waals surface area contributed by atoms with Crippen LogP contribution in [0.5, 0.6) is 0 Å². The minimum absolute atomic E-state index is 0. The summed E-state index contributed by atoms with van der Waals surface area (Å²) in [4.78, 5) is 68.8. The zero-order valence-corrected chi connectivity index (χ0v) is 73.6. The standard InChI is InChI=1S/C54H84O36S6.6Na/c55-25(56)1-7-91-13-19-43-31(67)37(73)49(79-19)86-44-20(14-92-8-2-26(57)58)81-51(39(75)33(44)69)88-46-22(16-94-10-4-28(61)62)83-53(41(77)35(46)71)90-48-24(18-96-12-6-30(65)66)84-54(42(78)36(48)72)89-47-23(17-95-11-5-29(63)64)82-52(40(76)34(47)70)87-45-21(15-93-9-3-27(59)60)80-50(85-43)38(74)32(45)68;;;;;;/h19-24,31-54,67-78H,1-18H2,(H,55,56)(H,57,58)(H,59,60)(H,61,62)(H,63,64)(H,65,66);;;;;;/q;6*+1/p-6/t19-,20-,21-,22-,23-,24-,31-,32-,33-,34-,35-,36-,37-,38-,39-,40-,41-,42-,43-,44-,45-,46-,47-,48-,49-,50-,51-,52-,53-,54-;;;;;;/m1....../s1. The molecule has 0 unspecified atom stereocenters. The van der Waals surface area contributed by atoms with Gasteiger partial charge in [0.05, 0.1) is 36.6 Å². The fraction of sp³-hybridized carbons (Fsp3) is 0.889. The molecule has 22 heterocycles. The van der Waals surface area contributed by atoms with Crippen molar-refractivity contribution in [1.82, 2.24) is 0 Å². The van der Waals surface area contributed by atoms with Gasteiger partial charge in [-0.25, -0.2) is 0 Å². The molecule has 22 aliphatic heterocycles. The van der Waals surface area contributed by atoms with E-state index < -0.39 is 259 Å². The minimum Gasteiger partial charge on any atom is -0.550 e. The molecule has 0 amide bonds. The molecule has 102 heavy (non-hydrogen) atoms. The predicted octanol–water partition coefficient (Wildman–Crippen LogP) is -31.7. The summed E-state index contributed by atoms with van der Waals surface area (Å²) in [7, 11) is 0. The molecular formula is C54H78Na6O36S6. The first kappa shape index (κ1) is 104. The van der Waals surface area contributed by atoms with Gasteiger partial charge < -0.3 is 178 Å². The fourth-order valence-electron chi connectivity index (χ4n) is 11.0. The van der Waals surface area contributed by atoms with Crippen molar-refractivity contribution in [1.29, 1.82) is 0 Å². The average Bonchev–Trinajstić information content (AvgIpc) is 0.774. The van der Waals surface area contributed by atoms with Crippen molar-refractivity contribution in [2.75, 3.05) is 69.0 Å². The van der Waals surface area contributed by atoms with Crippen LogP contribution in [0.3, 0.4) is 0 Å². The fourth-order valence-corrected chi connectivity index (χ4v) is 16.9. The molecule has 0 aromatic rings. The third-order valence-electron chi connectivity index (χ3n) is 16.0. The summed E-state index contributed by atoms with van der Waals surface area (Å²) in [6, 6.07) is 0. The summed E-state index contributed by atoms with van der Waals surface area (Å²) in [6.07, 6.45) is -62.4. The smallest absolute Gasteiger partial charge is 0.550 e. The van der Waals surface area contributed by atoms with Crippen molar-refractivity contribution in [3.8, 4) is 0 Å². The zero-order valence-electron chi connectivity index (χ0n) is 56.7. The van der Waals surface area contributed by atoms with E-state index in [-0.39, 0.29) is 246 Å². The number of aliphatic carboxylic acids is 6. The molecule has 22 fully saturated rings. The summed E-state index contributed by atoms with van der Waals surface area (Å²) in [5.74, 6) is -11.7. The molecule has 0 saturated carbocycles. The average molecular weight is 1630 g/mol. The Kier molecular flexibility index (Phi) is 52.8. The monoisotopic (exact) mass is 1630 g/mol. The first-order valence-electron chi connectivity index (χ1n) is 30.2. The molecule has 22 aliphatic rings. The van der Waals surface area contributed by atoms with E-state index in [0.29, 0.717) is 0 Å². The molecule has 12 bridgehead atoms. The predicted molar refractivity (Wildman–Crippen MR) is 315 cm³/mol. The van der Waals surface area contributed by atoms with E-state index >= 15 is 0 Å². The molecule has 48 heteroatoms. The molecule has 0 radical (unpaired) electrons. The molecule has 30 atom stereocenters. The summed E-state index contributed by atoms with van der Waals surface area (Å²) in [6.45, 7) is 0. The third kappa shape index (κ3) is 30.5. The van der Waals surface area contributed by atoms with Crippen LogP contribution in [-0.4, -0.2) is 350 Å². The number of carbonyl (C=O) groups is 6. The van der Waals surface area contributed by atoms with Gasteiger partial charge in [-0.05, 0) is 73.0 Å². The normalized spacial score (nSPS) is 39.1. The van der Waals surface area contributed by atoms with Crippen LogP contribution >= 0.6 is 70.6 Å². The second kappa shape index (κ2) is 51.8. The maximum atomic E-state index is 12.0. The largest absolute Gasteiger partial charge is 1.00 e. The van der Waals surface area contributed by atoms with Crippen molar-refractivity contribution < 1.29 is 355 Å². The molecule has 22 saturated heterocycles. The van der Waals surface area contributed by atoms with Crippen molar-refractivity contribution >= 4 is 106 Å². The van der Waals surface area contributed by atoms with Gasteiger partial charge in [-0.3, -0.25) is 0 Å². The van der Waals surface area contributed by atoms with E-state index in [2.05, 4.69) is 0 Å². The van der Waals surface area contributed by atoms with E-state index in [0.717, 1.165) is 70.6 Å². The van der Waals surface area contributed by atoms with Gasteiger partial charge in [-0.15, -0.1) is 0 Å². The molecule has 36 nitrogen and oxygen atoms in total. The van der Waals surface area contributed by atoms with Crippen LogP contribution < -0.4 is 208 Å². The van der Waals surface area contributed by atoms with Crippen molar-refractivity contribution in [2.24, 2.45) is 0 Å². The van der Waals surface area contributed by atoms with Gasteiger partial charge >= 0.3 is 177 Å². The molecule has 22 rings (SSSR count). The summed E-state index contributed by atoms with van der Waals surface area (Å²) >= 11 is 5.31. The Balaban J connectivity index is 0.00000867. The molecule has 0 aliphatic carbocycles.